The fraction of sp³-hybridized carbons (Fsp3) is 0.538. The molecule has 20 heavy (non-hydrogen) atoms. The van der Waals surface area contributed by atoms with Crippen molar-refractivity contribution in [3.8, 4) is 11.5 Å². The zero-order valence-corrected chi connectivity index (χ0v) is 12.7. The van der Waals surface area contributed by atoms with Crippen LogP contribution >= 0.6 is 0 Å². The average Bonchev–Trinajstić information content (AvgIpc) is 2.99. The smallest absolute Gasteiger partial charge is 0.250 e. The normalized spacial score (nSPS) is 19.3. The molecule has 0 saturated carbocycles. The van der Waals surface area contributed by atoms with Crippen LogP contribution in [-0.4, -0.2) is 53.1 Å². The summed E-state index contributed by atoms with van der Waals surface area (Å²) in [6, 6.07) is 4.90. The van der Waals surface area contributed by atoms with Crippen molar-refractivity contribution in [2.45, 2.75) is 17.4 Å². The highest BCUT2D eigenvalue weighted by molar-refractivity contribution is 7.89. The first kappa shape index (κ1) is 15.1. The van der Waals surface area contributed by atoms with Crippen molar-refractivity contribution < 1.29 is 17.9 Å². The topological polar surface area (TPSA) is 67.9 Å². The van der Waals surface area contributed by atoms with Crippen molar-refractivity contribution in [3.63, 3.8) is 0 Å². The number of nitrogens with zero attached hydrogens (tertiary/aromatic N) is 1. The Morgan fingerprint density at radius 1 is 1.25 bits per heavy atom. The molecule has 1 fully saturated rings. The standard InChI is InChI=1S/C13H20N2O4S/c1-15(10-7-8-14-9-10)20(16,17)13-11(18-2)5-4-6-12(13)19-3/h4-6,10,14H,7-9H2,1-3H3. The van der Waals surface area contributed by atoms with Crippen molar-refractivity contribution in [1.29, 1.82) is 0 Å². The van der Waals surface area contributed by atoms with Crippen LogP contribution in [0.2, 0.25) is 0 Å². The molecule has 0 amide bonds. The van der Waals surface area contributed by atoms with Gasteiger partial charge < -0.3 is 14.8 Å². The molecule has 0 aromatic heterocycles. The summed E-state index contributed by atoms with van der Waals surface area (Å²) in [5.41, 5.74) is 0. The van der Waals surface area contributed by atoms with Gasteiger partial charge in [-0.3, -0.25) is 0 Å². The van der Waals surface area contributed by atoms with Crippen molar-refractivity contribution in [2.75, 3.05) is 34.4 Å². The second kappa shape index (κ2) is 5.99. The van der Waals surface area contributed by atoms with Crippen molar-refractivity contribution >= 4 is 10.0 Å². The molecule has 112 valence electrons. The zero-order valence-electron chi connectivity index (χ0n) is 11.9. The molecule has 1 aromatic carbocycles. The minimum Gasteiger partial charge on any atom is -0.495 e. The van der Waals surface area contributed by atoms with Crippen molar-refractivity contribution in [1.82, 2.24) is 9.62 Å². The van der Waals surface area contributed by atoms with Gasteiger partial charge >= 0.3 is 0 Å². The first-order valence-corrected chi connectivity index (χ1v) is 7.86. The monoisotopic (exact) mass is 300 g/mol. The zero-order chi connectivity index (χ0) is 14.8. The predicted molar refractivity (Wildman–Crippen MR) is 75.8 cm³/mol. The van der Waals surface area contributed by atoms with Gasteiger partial charge in [0.05, 0.1) is 14.2 Å². The Bertz CT molecular complexity index is 545. The summed E-state index contributed by atoms with van der Waals surface area (Å²) >= 11 is 0. The molecule has 7 heteroatoms. The van der Waals surface area contributed by atoms with E-state index in [1.165, 1.54) is 18.5 Å². The van der Waals surface area contributed by atoms with E-state index in [1.807, 2.05) is 0 Å². The Hall–Kier alpha value is -1.31. The average molecular weight is 300 g/mol. The van der Waals surface area contributed by atoms with Gasteiger partial charge in [0.25, 0.3) is 10.0 Å². The molecule has 1 aliphatic rings. The van der Waals surface area contributed by atoms with E-state index in [0.717, 1.165) is 13.0 Å². The lowest BCUT2D eigenvalue weighted by Crippen LogP contribution is -2.38. The minimum atomic E-state index is -3.66. The molecule has 2 rings (SSSR count). The van der Waals surface area contributed by atoms with Gasteiger partial charge in [-0.2, -0.15) is 4.31 Å². The fourth-order valence-corrected chi connectivity index (χ4v) is 4.03. The molecule has 1 N–H and O–H groups in total. The van der Waals surface area contributed by atoms with Gasteiger partial charge in [0, 0.05) is 19.6 Å². The van der Waals surface area contributed by atoms with Crippen LogP contribution in [0, 0.1) is 0 Å². The maximum absolute atomic E-state index is 12.8. The molecule has 1 aromatic rings. The number of methoxy groups -OCH3 is 2. The van der Waals surface area contributed by atoms with E-state index in [2.05, 4.69) is 5.32 Å². The molecule has 0 spiro atoms. The number of rotatable bonds is 5. The van der Waals surface area contributed by atoms with Crippen LogP contribution in [0.15, 0.2) is 23.1 Å². The molecule has 1 atom stereocenters. The lowest BCUT2D eigenvalue weighted by molar-refractivity contribution is 0.356. The van der Waals surface area contributed by atoms with E-state index in [1.54, 1.807) is 25.2 Å². The molecule has 0 bridgehead atoms. The third-order valence-corrected chi connectivity index (χ3v) is 5.54. The quantitative estimate of drug-likeness (QED) is 0.866. The van der Waals surface area contributed by atoms with Gasteiger partial charge in [0.15, 0.2) is 4.90 Å². The lowest BCUT2D eigenvalue weighted by atomic mass is 10.3. The molecule has 0 radical (unpaired) electrons. The molecule has 6 nitrogen and oxygen atoms in total. The number of sulfonamides is 1. The van der Waals surface area contributed by atoms with Crippen LogP contribution in [0.4, 0.5) is 0 Å². The number of nitrogens with one attached hydrogen (secondary N) is 1. The molecular formula is C13H20N2O4S. The summed E-state index contributed by atoms with van der Waals surface area (Å²) in [6.07, 6.45) is 0.799. The third kappa shape index (κ3) is 2.61. The van der Waals surface area contributed by atoms with Gasteiger partial charge in [-0.25, -0.2) is 8.42 Å². The summed E-state index contributed by atoms with van der Waals surface area (Å²) < 4.78 is 37.4. The Morgan fingerprint density at radius 3 is 2.30 bits per heavy atom. The number of benzene rings is 1. The Kier molecular flexibility index (Phi) is 4.52. The lowest BCUT2D eigenvalue weighted by Gasteiger charge is -2.25. The number of hydrogen-bond acceptors (Lipinski definition) is 5. The van der Waals surface area contributed by atoms with E-state index in [0.29, 0.717) is 18.0 Å². The SMILES string of the molecule is COc1cccc(OC)c1S(=O)(=O)N(C)C1CCNC1. The highest BCUT2D eigenvalue weighted by Crippen LogP contribution is 2.35. The first-order chi connectivity index (χ1) is 9.52. The molecule has 1 saturated heterocycles. The van der Waals surface area contributed by atoms with Crippen LogP contribution in [0.5, 0.6) is 11.5 Å². The number of hydrogen-bond donors (Lipinski definition) is 1. The summed E-state index contributed by atoms with van der Waals surface area (Å²) in [5, 5.41) is 3.17. The highest BCUT2D eigenvalue weighted by Gasteiger charge is 2.34. The second-order valence-corrected chi connectivity index (χ2v) is 6.59. The Labute approximate surface area is 119 Å². The number of likely N-dealkylation sites (N-methyl/N-ethyl adjacent to an activating group) is 1. The van der Waals surface area contributed by atoms with Crippen molar-refractivity contribution in [3.05, 3.63) is 18.2 Å². The van der Waals surface area contributed by atoms with Crippen LogP contribution in [0.3, 0.4) is 0 Å². The van der Waals surface area contributed by atoms with Gasteiger partial charge in [-0.1, -0.05) is 6.07 Å². The van der Waals surface area contributed by atoms with Gasteiger partial charge in [-0.05, 0) is 25.1 Å². The molecule has 1 unspecified atom stereocenters. The van der Waals surface area contributed by atoms with E-state index >= 15 is 0 Å². The molecular weight excluding hydrogens is 280 g/mol. The van der Waals surface area contributed by atoms with Crippen molar-refractivity contribution in [2.24, 2.45) is 0 Å². The van der Waals surface area contributed by atoms with E-state index in [4.69, 9.17) is 9.47 Å². The molecule has 1 heterocycles. The summed E-state index contributed by atoms with van der Waals surface area (Å²) in [5.74, 6) is 0.587. The molecule has 0 aliphatic carbocycles. The maximum atomic E-state index is 12.8. The van der Waals surface area contributed by atoms with E-state index in [-0.39, 0.29) is 10.9 Å². The van der Waals surface area contributed by atoms with Gasteiger partial charge in [0.1, 0.15) is 11.5 Å². The maximum Gasteiger partial charge on any atom is 0.250 e. The van der Waals surface area contributed by atoms with Gasteiger partial charge in [0.2, 0.25) is 0 Å². The minimum absolute atomic E-state index is 0.0466. The fourth-order valence-electron chi connectivity index (χ4n) is 2.36. The molecule has 1 aliphatic heterocycles. The number of ether oxygens (including phenoxy) is 2. The van der Waals surface area contributed by atoms with Gasteiger partial charge in [-0.15, -0.1) is 0 Å². The second-order valence-electron chi connectivity index (χ2n) is 4.66. The van der Waals surface area contributed by atoms with E-state index in [9.17, 15) is 8.42 Å². The van der Waals surface area contributed by atoms with Crippen LogP contribution in [0.1, 0.15) is 6.42 Å². The van der Waals surface area contributed by atoms with Crippen LogP contribution in [-0.2, 0) is 10.0 Å². The van der Waals surface area contributed by atoms with E-state index < -0.39 is 10.0 Å². The highest BCUT2D eigenvalue weighted by atomic mass is 32.2. The first-order valence-electron chi connectivity index (χ1n) is 6.42. The Morgan fingerprint density at radius 2 is 1.85 bits per heavy atom. The summed E-state index contributed by atoms with van der Waals surface area (Å²) in [7, 11) is 0.830. The summed E-state index contributed by atoms with van der Waals surface area (Å²) in [4.78, 5) is 0.0828. The largest absolute Gasteiger partial charge is 0.495 e. The van der Waals surface area contributed by atoms with Crippen LogP contribution < -0.4 is 14.8 Å². The Balaban J connectivity index is 2.47. The van der Waals surface area contributed by atoms with Crippen LogP contribution in [0.25, 0.3) is 0 Å². The predicted octanol–water partition coefficient (Wildman–Crippen LogP) is 0.686. The third-order valence-electron chi connectivity index (χ3n) is 3.57. The summed E-state index contributed by atoms with van der Waals surface area (Å²) in [6.45, 7) is 1.49.